The van der Waals surface area contributed by atoms with Gasteiger partial charge in [-0.3, -0.25) is 0 Å². The number of rotatable bonds is 6. The number of hydrogen-bond acceptors (Lipinski definition) is 2. The van der Waals surface area contributed by atoms with Crippen molar-refractivity contribution in [1.82, 2.24) is 4.90 Å². The highest BCUT2D eigenvalue weighted by molar-refractivity contribution is 5.14. The summed E-state index contributed by atoms with van der Waals surface area (Å²) in [5.41, 5.74) is 7.92. The van der Waals surface area contributed by atoms with Crippen molar-refractivity contribution in [3.63, 3.8) is 0 Å². The van der Waals surface area contributed by atoms with Gasteiger partial charge in [-0.2, -0.15) is 0 Å². The first-order valence-electron chi connectivity index (χ1n) is 8.06. The normalized spacial score (nSPS) is 26.9. The van der Waals surface area contributed by atoms with Gasteiger partial charge in [0.25, 0.3) is 0 Å². The molecule has 0 aliphatic heterocycles. The zero-order valence-corrected chi connectivity index (χ0v) is 13.1. The Balaban J connectivity index is 1.84. The first-order valence-corrected chi connectivity index (χ1v) is 8.06. The second kappa shape index (κ2) is 7.24. The molecule has 1 saturated carbocycles. The maximum absolute atomic E-state index is 6.13. The molecule has 2 N–H and O–H groups in total. The first-order chi connectivity index (χ1) is 9.63. The molecular weight excluding hydrogens is 244 g/mol. The molecule has 0 bridgehead atoms. The van der Waals surface area contributed by atoms with E-state index in [-0.39, 0.29) is 0 Å². The third-order valence-electron chi connectivity index (χ3n) is 4.85. The number of hydrogen-bond donors (Lipinski definition) is 1. The third-order valence-corrected chi connectivity index (χ3v) is 4.85. The standard InChI is InChI=1S/C18H30N2/c1-16-7-6-11-18(13-16,14-19)15-20(2)12-10-17-8-4-3-5-9-17/h3-5,8-9,16H,6-7,10-15,19H2,1-2H3. The molecule has 2 atom stereocenters. The molecule has 2 nitrogen and oxygen atoms in total. The van der Waals surface area contributed by atoms with Gasteiger partial charge in [0.1, 0.15) is 0 Å². The predicted octanol–water partition coefficient (Wildman–Crippen LogP) is 3.32. The lowest BCUT2D eigenvalue weighted by Gasteiger charge is -2.41. The molecule has 0 amide bonds. The van der Waals surface area contributed by atoms with E-state index in [1.54, 1.807) is 0 Å². The summed E-state index contributed by atoms with van der Waals surface area (Å²) in [6.07, 6.45) is 6.48. The quantitative estimate of drug-likeness (QED) is 0.862. The van der Waals surface area contributed by atoms with Crippen molar-refractivity contribution in [3.05, 3.63) is 35.9 Å². The minimum Gasteiger partial charge on any atom is -0.330 e. The fourth-order valence-electron chi connectivity index (χ4n) is 3.78. The minimum absolute atomic E-state index is 0.364. The molecule has 2 heteroatoms. The molecule has 112 valence electrons. The lowest BCUT2D eigenvalue weighted by atomic mass is 9.70. The van der Waals surface area contributed by atoms with Crippen LogP contribution < -0.4 is 5.73 Å². The molecule has 1 fully saturated rings. The summed E-state index contributed by atoms with van der Waals surface area (Å²) in [6, 6.07) is 10.8. The van der Waals surface area contributed by atoms with Gasteiger partial charge in [0.05, 0.1) is 0 Å². The maximum atomic E-state index is 6.13. The lowest BCUT2D eigenvalue weighted by molar-refractivity contribution is 0.102. The first kappa shape index (κ1) is 15.5. The monoisotopic (exact) mass is 274 g/mol. The zero-order valence-electron chi connectivity index (χ0n) is 13.1. The minimum atomic E-state index is 0.364. The predicted molar refractivity (Wildman–Crippen MR) is 86.8 cm³/mol. The van der Waals surface area contributed by atoms with Crippen molar-refractivity contribution in [2.75, 3.05) is 26.7 Å². The van der Waals surface area contributed by atoms with Crippen LogP contribution in [0.25, 0.3) is 0 Å². The Morgan fingerprint density at radius 3 is 2.70 bits per heavy atom. The van der Waals surface area contributed by atoms with E-state index in [1.165, 1.54) is 31.2 Å². The van der Waals surface area contributed by atoms with Gasteiger partial charge >= 0.3 is 0 Å². The van der Waals surface area contributed by atoms with Gasteiger partial charge in [0.15, 0.2) is 0 Å². The molecule has 2 rings (SSSR count). The average molecular weight is 274 g/mol. The molecule has 0 saturated heterocycles. The van der Waals surface area contributed by atoms with Crippen molar-refractivity contribution >= 4 is 0 Å². The van der Waals surface area contributed by atoms with Gasteiger partial charge in [-0.05, 0) is 49.8 Å². The van der Waals surface area contributed by atoms with E-state index in [0.29, 0.717) is 5.41 Å². The Labute approximate surface area is 124 Å². The van der Waals surface area contributed by atoms with Crippen LogP contribution in [0.4, 0.5) is 0 Å². The van der Waals surface area contributed by atoms with E-state index in [1.807, 2.05) is 0 Å². The molecule has 1 aliphatic carbocycles. The second-order valence-electron chi connectivity index (χ2n) is 6.88. The number of nitrogens with two attached hydrogens (primary N) is 1. The molecular formula is C18H30N2. The van der Waals surface area contributed by atoms with E-state index in [0.717, 1.165) is 32.0 Å². The highest BCUT2D eigenvalue weighted by Crippen LogP contribution is 2.39. The van der Waals surface area contributed by atoms with Gasteiger partial charge in [0.2, 0.25) is 0 Å². The summed E-state index contributed by atoms with van der Waals surface area (Å²) in [4.78, 5) is 2.48. The smallest absolute Gasteiger partial charge is 0.00472 e. The van der Waals surface area contributed by atoms with Crippen molar-refractivity contribution in [2.24, 2.45) is 17.1 Å². The largest absolute Gasteiger partial charge is 0.330 e. The van der Waals surface area contributed by atoms with Gasteiger partial charge in [-0.1, -0.05) is 50.1 Å². The Bertz CT molecular complexity index is 390. The molecule has 0 heterocycles. The highest BCUT2D eigenvalue weighted by Gasteiger charge is 2.34. The maximum Gasteiger partial charge on any atom is 0.00472 e. The zero-order chi connectivity index (χ0) is 14.4. The summed E-state index contributed by atoms with van der Waals surface area (Å²) in [7, 11) is 2.25. The van der Waals surface area contributed by atoms with Crippen LogP contribution in [-0.4, -0.2) is 31.6 Å². The SMILES string of the molecule is CC1CCCC(CN)(CN(C)CCc2ccccc2)C1. The summed E-state index contributed by atoms with van der Waals surface area (Å²) < 4.78 is 0. The van der Waals surface area contributed by atoms with Gasteiger partial charge in [-0.25, -0.2) is 0 Å². The molecule has 0 radical (unpaired) electrons. The highest BCUT2D eigenvalue weighted by atomic mass is 15.1. The Morgan fingerprint density at radius 2 is 2.05 bits per heavy atom. The van der Waals surface area contributed by atoms with Crippen LogP contribution in [0.1, 0.15) is 38.2 Å². The Kier molecular flexibility index (Phi) is 5.62. The van der Waals surface area contributed by atoms with Crippen LogP contribution in [0.5, 0.6) is 0 Å². The molecule has 2 unspecified atom stereocenters. The average Bonchev–Trinajstić information content (AvgIpc) is 2.46. The van der Waals surface area contributed by atoms with Crippen molar-refractivity contribution in [1.29, 1.82) is 0 Å². The second-order valence-corrected chi connectivity index (χ2v) is 6.88. The van der Waals surface area contributed by atoms with Crippen LogP contribution in [0, 0.1) is 11.3 Å². The number of nitrogens with zero attached hydrogens (tertiary/aromatic N) is 1. The topological polar surface area (TPSA) is 29.3 Å². The summed E-state index contributed by atoms with van der Waals surface area (Å²) in [5.74, 6) is 0.842. The van der Waals surface area contributed by atoms with E-state index < -0.39 is 0 Å². The summed E-state index contributed by atoms with van der Waals surface area (Å²) >= 11 is 0. The van der Waals surface area contributed by atoms with Crippen LogP contribution in [0.15, 0.2) is 30.3 Å². The van der Waals surface area contributed by atoms with Gasteiger partial charge in [-0.15, -0.1) is 0 Å². The fraction of sp³-hybridized carbons (Fsp3) is 0.667. The summed E-state index contributed by atoms with van der Waals surface area (Å²) in [6.45, 7) is 5.50. The van der Waals surface area contributed by atoms with Crippen LogP contribution in [-0.2, 0) is 6.42 Å². The van der Waals surface area contributed by atoms with Crippen molar-refractivity contribution < 1.29 is 0 Å². The van der Waals surface area contributed by atoms with Gasteiger partial charge in [0, 0.05) is 13.1 Å². The number of likely N-dealkylation sites (N-methyl/N-ethyl adjacent to an activating group) is 1. The van der Waals surface area contributed by atoms with Crippen molar-refractivity contribution in [2.45, 2.75) is 39.0 Å². The van der Waals surface area contributed by atoms with E-state index >= 15 is 0 Å². The Morgan fingerprint density at radius 1 is 1.30 bits per heavy atom. The van der Waals surface area contributed by atoms with E-state index in [4.69, 9.17) is 5.73 Å². The Hall–Kier alpha value is -0.860. The fourth-order valence-corrected chi connectivity index (χ4v) is 3.78. The van der Waals surface area contributed by atoms with Gasteiger partial charge < -0.3 is 10.6 Å². The van der Waals surface area contributed by atoms with E-state index in [9.17, 15) is 0 Å². The molecule has 0 spiro atoms. The molecule has 1 aromatic carbocycles. The van der Waals surface area contributed by atoms with Crippen LogP contribution in [0.3, 0.4) is 0 Å². The van der Waals surface area contributed by atoms with Crippen LogP contribution in [0.2, 0.25) is 0 Å². The number of benzene rings is 1. The molecule has 20 heavy (non-hydrogen) atoms. The third kappa shape index (κ3) is 4.32. The lowest BCUT2D eigenvalue weighted by Crippen LogP contribution is -2.44. The molecule has 1 aliphatic rings. The molecule has 1 aromatic rings. The molecule has 0 aromatic heterocycles. The van der Waals surface area contributed by atoms with Crippen LogP contribution >= 0.6 is 0 Å². The summed E-state index contributed by atoms with van der Waals surface area (Å²) in [5, 5.41) is 0. The van der Waals surface area contributed by atoms with Crippen molar-refractivity contribution in [3.8, 4) is 0 Å². The van der Waals surface area contributed by atoms with E-state index in [2.05, 4.69) is 49.2 Å².